The van der Waals surface area contributed by atoms with Gasteiger partial charge in [0.2, 0.25) is 5.91 Å². The van der Waals surface area contributed by atoms with E-state index in [0.717, 1.165) is 40.2 Å². The van der Waals surface area contributed by atoms with E-state index < -0.39 is 0 Å². The molecule has 1 aromatic heterocycles. The number of H-pyrrole nitrogens is 1. The molecule has 1 aliphatic rings. The van der Waals surface area contributed by atoms with E-state index in [9.17, 15) is 4.79 Å². The third-order valence-electron chi connectivity index (χ3n) is 4.33. The highest BCUT2D eigenvalue weighted by Gasteiger charge is 2.29. The molecule has 0 saturated carbocycles. The summed E-state index contributed by atoms with van der Waals surface area (Å²) in [6.07, 6.45) is 0.799. The fraction of sp³-hybridized carbons (Fsp3) is 0.222. The summed E-state index contributed by atoms with van der Waals surface area (Å²) in [5.41, 5.74) is 3.61. The zero-order valence-electron chi connectivity index (χ0n) is 12.8. The number of carbonyl (C=O) groups is 1. The molecule has 5 nitrogen and oxygen atoms in total. The lowest BCUT2D eigenvalue weighted by atomic mass is 9.96. The molecule has 1 unspecified atom stereocenters. The molecule has 1 atom stereocenters. The topological polar surface area (TPSA) is 67.0 Å². The second-order valence-electron chi connectivity index (χ2n) is 5.66. The molecule has 1 amide bonds. The molecule has 1 fully saturated rings. The summed E-state index contributed by atoms with van der Waals surface area (Å²) in [6, 6.07) is 13.8. The Balaban J connectivity index is 1.92. The average Bonchev–Trinajstić information content (AvgIpc) is 3.21. The van der Waals surface area contributed by atoms with Gasteiger partial charge in [-0.25, -0.2) is 4.98 Å². The lowest BCUT2D eigenvalue weighted by Gasteiger charge is -2.09. The molecule has 116 valence electrons. The molecule has 0 spiro atoms. The number of rotatable bonds is 3. The Hall–Kier alpha value is -2.82. The van der Waals surface area contributed by atoms with Crippen molar-refractivity contribution in [1.29, 1.82) is 0 Å². The van der Waals surface area contributed by atoms with Crippen LogP contribution in [-0.2, 0) is 4.79 Å². The van der Waals surface area contributed by atoms with Gasteiger partial charge in [0, 0.05) is 12.1 Å². The molecule has 2 heterocycles. The predicted octanol–water partition coefficient (Wildman–Crippen LogP) is 2.84. The highest BCUT2D eigenvalue weighted by Crippen LogP contribution is 2.35. The molecular formula is C18H17N3O2. The summed E-state index contributed by atoms with van der Waals surface area (Å²) in [6.45, 7) is 0.715. The van der Waals surface area contributed by atoms with Gasteiger partial charge in [-0.2, -0.15) is 0 Å². The maximum atomic E-state index is 12.1. The first-order chi connectivity index (χ1) is 11.3. The molecule has 2 aromatic carbocycles. The smallest absolute Gasteiger partial charge is 0.227 e. The average molecular weight is 307 g/mol. The van der Waals surface area contributed by atoms with Crippen LogP contribution in [0.3, 0.4) is 0 Å². The molecule has 5 heteroatoms. The highest BCUT2D eigenvalue weighted by atomic mass is 16.5. The van der Waals surface area contributed by atoms with Crippen molar-refractivity contribution < 1.29 is 9.53 Å². The third kappa shape index (κ3) is 2.25. The second kappa shape index (κ2) is 5.43. The lowest BCUT2D eigenvalue weighted by Crippen LogP contribution is -2.18. The van der Waals surface area contributed by atoms with Crippen LogP contribution in [0, 0.1) is 0 Å². The SMILES string of the molecule is COc1ccc(C2CCNC2=O)c2nc(-c3ccccc3)[nH]c12. The molecule has 0 aliphatic carbocycles. The van der Waals surface area contributed by atoms with Crippen molar-refractivity contribution in [3.8, 4) is 17.1 Å². The summed E-state index contributed by atoms with van der Waals surface area (Å²) in [4.78, 5) is 20.2. The number of benzene rings is 2. The monoisotopic (exact) mass is 307 g/mol. The number of carbonyl (C=O) groups excluding carboxylic acids is 1. The number of hydrogen-bond acceptors (Lipinski definition) is 3. The molecule has 0 radical (unpaired) electrons. The van der Waals surface area contributed by atoms with Gasteiger partial charge < -0.3 is 15.0 Å². The maximum absolute atomic E-state index is 12.1. The second-order valence-corrected chi connectivity index (χ2v) is 5.66. The summed E-state index contributed by atoms with van der Waals surface area (Å²) in [5.74, 6) is 1.44. The van der Waals surface area contributed by atoms with Crippen LogP contribution in [0.1, 0.15) is 17.9 Å². The van der Waals surface area contributed by atoms with Crippen LogP contribution in [0.4, 0.5) is 0 Å². The van der Waals surface area contributed by atoms with Crippen molar-refractivity contribution >= 4 is 16.9 Å². The van der Waals surface area contributed by atoms with Crippen molar-refractivity contribution in [2.24, 2.45) is 0 Å². The van der Waals surface area contributed by atoms with Crippen molar-refractivity contribution in [3.05, 3.63) is 48.0 Å². The number of aromatic amines is 1. The van der Waals surface area contributed by atoms with Gasteiger partial charge in [0.05, 0.1) is 18.5 Å². The van der Waals surface area contributed by atoms with Crippen molar-refractivity contribution in [2.45, 2.75) is 12.3 Å². The van der Waals surface area contributed by atoms with E-state index in [1.807, 2.05) is 42.5 Å². The van der Waals surface area contributed by atoms with Crippen LogP contribution in [0.2, 0.25) is 0 Å². The molecule has 3 aromatic rings. The Morgan fingerprint density at radius 1 is 1.17 bits per heavy atom. The number of hydrogen-bond donors (Lipinski definition) is 2. The van der Waals surface area contributed by atoms with E-state index in [0.29, 0.717) is 6.54 Å². The van der Waals surface area contributed by atoms with Crippen molar-refractivity contribution in [3.63, 3.8) is 0 Å². The minimum atomic E-state index is -0.143. The Bertz CT molecular complexity index is 871. The van der Waals surface area contributed by atoms with Gasteiger partial charge in [-0.1, -0.05) is 36.4 Å². The van der Waals surface area contributed by atoms with E-state index in [2.05, 4.69) is 10.3 Å². The Morgan fingerprint density at radius 3 is 2.70 bits per heavy atom. The van der Waals surface area contributed by atoms with Gasteiger partial charge in [-0.3, -0.25) is 4.79 Å². The number of methoxy groups -OCH3 is 1. The molecule has 4 rings (SSSR count). The molecule has 2 N–H and O–H groups in total. The van der Waals surface area contributed by atoms with Gasteiger partial charge in [0.1, 0.15) is 17.1 Å². The first kappa shape index (κ1) is 13.8. The van der Waals surface area contributed by atoms with Crippen LogP contribution >= 0.6 is 0 Å². The summed E-state index contributed by atoms with van der Waals surface area (Å²) in [5, 5.41) is 2.89. The number of imidazole rings is 1. The number of amides is 1. The van der Waals surface area contributed by atoms with Crippen LogP contribution in [0.25, 0.3) is 22.4 Å². The van der Waals surface area contributed by atoms with Crippen molar-refractivity contribution in [2.75, 3.05) is 13.7 Å². The van der Waals surface area contributed by atoms with Gasteiger partial charge in [-0.05, 0) is 18.1 Å². The summed E-state index contributed by atoms with van der Waals surface area (Å²) in [7, 11) is 1.64. The van der Waals surface area contributed by atoms with E-state index in [4.69, 9.17) is 9.72 Å². The van der Waals surface area contributed by atoms with Gasteiger partial charge in [0.25, 0.3) is 0 Å². The minimum Gasteiger partial charge on any atom is -0.494 e. The predicted molar refractivity (Wildman–Crippen MR) is 88.4 cm³/mol. The molecule has 0 bridgehead atoms. The zero-order valence-corrected chi connectivity index (χ0v) is 12.8. The van der Waals surface area contributed by atoms with Crippen molar-refractivity contribution in [1.82, 2.24) is 15.3 Å². The Morgan fingerprint density at radius 2 is 2.00 bits per heavy atom. The van der Waals surface area contributed by atoms with E-state index in [-0.39, 0.29) is 11.8 Å². The molecule has 23 heavy (non-hydrogen) atoms. The van der Waals surface area contributed by atoms with E-state index in [1.54, 1.807) is 7.11 Å². The zero-order chi connectivity index (χ0) is 15.8. The first-order valence-electron chi connectivity index (χ1n) is 7.67. The number of nitrogens with zero attached hydrogens (tertiary/aromatic N) is 1. The highest BCUT2D eigenvalue weighted by molar-refractivity contribution is 5.94. The molecule has 1 saturated heterocycles. The van der Waals surface area contributed by atoms with Crippen LogP contribution in [0.5, 0.6) is 5.75 Å². The largest absolute Gasteiger partial charge is 0.494 e. The molecule has 1 aliphatic heterocycles. The van der Waals surface area contributed by atoms with E-state index in [1.165, 1.54) is 0 Å². The van der Waals surface area contributed by atoms with Crippen LogP contribution in [0.15, 0.2) is 42.5 Å². The third-order valence-corrected chi connectivity index (χ3v) is 4.33. The number of ether oxygens (including phenoxy) is 1. The molecular weight excluding hydrogens is 290 g/mol. The normalized spacial score (nSPS) is 17.4. The van der Waals surface area contributed by atoms with Gasteiger partial charge >= 0.3 is 0 Å². The van der Waals surface area contributed by atoms with E-state index >= 15 is 0 Å². The fourth-order valence-corrected chi connectivity index (χ4v) is 3.16. The Labute approximate surface area is 133 Å². The first-order valence-corrected chi connectivity index (χ1v) is 7.67. The van der Waals surface area contributed by atoms with Crippen LogP contribution < -0.4 is 10.1 Å². The fourth-order valence-electron chi connectivity index (χ4n) is 3.16. The Kier molecular flexibility index (Phi) is 3.26. The van der Waals surface area contributed by atoms with Gasteiger partial charge in [-0.15, -0.1) is 0 Å². The lowest BCUT2D eigenvalue weighted by molar-refractivity contribution is -0.120. The van der Waals surface area contributed by atoms with Gasteiger partial charge in [0.15, 0.2) is 0 Å². The number of nitrogens with one attached hydrogen (secondary N) is 2. The standard InChI is InChI=1S/C18H17N3O2/c1-23-14-8-7-12(13-9-10-19-18(13)22)15-16(14)21-17(20-15)11-5-3-2-4-6-11/h2-8,13H,9-10H2,1H3,(H,19,22)(H,20,21). The minimum absolute atomic E-state index is 0.0701. The quantitative estimate of drug-likeness (QED) is 0.782. The summed E-state index contributed by atoms with van der Waals surface area (Å²) >= 11 is 0. The van der Waals surface area contributed by atoms with Crippen LogP contribution in [-0.4, -0.2) is 29.5 Å². The maximum Gasteiger partial charge on any atom is 0.227 e. The number of aromatic nitrogens is 2. The summed E-state index contributed by atoms with van der Waals surface area (Å²) < 4.78 is 5.45. The number of fused-ring (bicyclic) bond motifs is 1.